The Morgan fingerprint density at radius 1 is 1.16 bits per heavy atom. The number of benzene rings is 1. The molecule has 25 heavy (non-hydrogen) atoms. The van der Waals surface area contributed by atoms with Gasteiger partial charge in [-0.15, -0.1) is 0 Å². The van der Waals surface area contributed by atoms with Gasteiger partial charge in [-0.2, -0.15) is 0 Å². The average Bonchev–Trinajstić information content (AvgIpc) is 2.62. The summed E-state index contributed by atoms with van der Waals surface area (Å²) in [6.45, 7) is 10.5. The van der Waals surface area contributed by atoms with Crippen molar-refractivity contribution < 1.29 is 9.47 Å². The molecular formula is C19H32N4O2. The van der Waals surface area contributed by atoms with Crippen LogP contribution in [0.25, 0.3) is 0 Å². The van der Waals surface area contributed by atoms with Crippen LogP contribution in [0.15, 0.2) is 29.3 Å². The summed E-state index contributed by atoms with van der Waals surface area (Å²) in [4.78, 5) is 6.69. The lowest BCUT2D eigenvalue weighted by molar-refractivity contribution is 0.0389. The fourth-order valence-electron chi connectivity index (χ4n) is 2.71. The molecule has 6 heteroatoms. The van der Waals surface area contributed by atoms with Crippen LogP contribution in [-0.2, 0) is 11.2 Å². The molecule has 0 radical (unpaired) electrons. The standard InChI is InChI=1S/C19H32N4O2/c1-16(2)25-18-6-4-17(5-7-18)8-9-21-19(20-3)22-10-11-23-12-14-24-15-13-23/h4-7,16H,8-15H2,1-3H3,(H2,20,21,22). The van der Waals surface area contributed by atoms with E-state index in [9.17, 15) is 0 Å². The van der Waals surface area contributed by atoms with Crippen molar-refractivity contribution in [3.05, 3.63) is 29.8 Å². The molecule has 2 rings (SSSR count). The van der Waals surface area contributed by atoms with E-state index >= 15 is 0 Å². The molecular weight excluding hydrogens is 316 g/mol. The van der Waals surface area contributed by atoms with Gasteiger partial charge in [0.1, 0.15) is 5.75 Å². The lowest BCUT2D eigenvalue weighted by Crippen LogP contribution is -2.44. The van der Waals surface area contributed by atoms with Gasteiger partial charge in [-0.3, -0.25) is 9.89 Å². The Labute approximate surface area is 151 Å². The molecule has 1 heterocycles. The van der Waals surface area contributed by atoms with Crippen molar-refractivity contribution in [1.29, 1.82) is 0 Å². The average molecular weight is 348 g/mol. The van der Waals surface area contributed by atoms with Crippen molar-refractivity contribution in [2.75, 3.05) is 53.0 Å². The van der Waals surface area contributed by atoms with Crippen molar-refractivity contribution >= 4 is 5.96 Å². The summed E-state index contributed by atoms with van der Waals surface area (Å²) < 4.78 is 11.0. The molecule has 1 fully saturated rings. The molecule has 0 unspecified atom stereocenters. The Hall–Kier alpha value is -1.79. The smallest absolute Gasteiger partial charge is 0.191 e. The third-order valence-electron chi connectivity index (χ3n) is 4.05. The van der Waals surface area contributed by atoms with Crippen LogP contribution in [0, 0.1) is 0 Å². The van der Waals surface area contributed by atoms with Gasteiger partial charge in [0.25, 0.3) is 0 Å². The Bertz CT molecular complexity index is 511. The Morgan fingerprint density at radius 3 is 2.48 bits per heavy atom. The normalized spacial score (nSPS) is 16.1. The molecule has 0 aromatic heterocycles. The number of rotatable bonds is 8. The van der Waals surface area contributed by atoms with E-state index in [1.54, 1.807) is 0 Å². The first-order valence-corrected chi connectivity index (χ1v) is 9.17. The summed E-state index contributed by atoms with van der Waals surface area (Å²) in [7, 11) is 1.81. The van der Waals surface area contributed by atoms with Crippen molar-refractivity contribution in [1.82, 2.24) is 15.5 Å². The fourth-order valence-corrected chi connectivity index (χ4v) is 2.71. The van der Waals surface area contributed by atoms with Gasteiger partial charge in [0.05, 0.1) is 19.3 Å². The van der Waals surface area contributed by atoms with Crippen LogP contribution in [0.2, 0.25) is 0 Å². The topological polar surface area (TPSA) is 58.1 Å². The molecule has 1 aromatic carbocycles. The zero-order valence-electron chi connectivity index (χ0n) is 15.8. The first-order valence-electron chi connectivity index (χ1n) is 9.17. The Balaban J connectivity index is 1.63. The lowest BCUT2D eigenvalue weighted by Gasteiger charge is -2.26. The second-order valence-corrected chi connectivity index (χ2v) is 6.44. The summed E-state index contributed by atoms with van der Waals surface area (Å²) in [5, 5.41) is 6.74. The minimum atomic E-state index is 0.208. The van der Waals surface area contributed by atoms with Gasteiger partial charge >= 0.3 is 0 Å². The molecule has 1 aliphatic rings. The van der Waals surface area contributed by atoms with Crippen molar-refractivity contribution in [3.8, 4) is 5.75 Å². The molecule has 0 amide bonds. The van der Waals surface area contributed by atoms with E-state index in [0.29, 0.717) is 0 Å². The zero-order valence-corrected chi connectivity index (χ0v) is 15.8. The van der Waals surface area contributed by atoms with E-state index in [2.05, 4.69) is 32.7 Å². The molecule has 0 atom stereocenters. The third-order valence-corrected chi connectivity index (χ3v) is 4.05. The van der Waals surface area contributed by atoms with Gasteiger partial charge in [0.2, 0.25) is 0 Å². The molecule has 140 valence electrons. The quantitative estimate of drug-likeness (QED) is 0.551. The number of nitrogens with zero attached hydrogens (tertiary/aromatic N) is 2. The van der Waals surface area contributed by atoms with Crippen molar-refractivity contribution in [2.45, 2.75) is 26.4 Å². The van der Waals surface area contributed by atoms with Crippen LogP contribution in [0.5, 0.6) is 5.75 Å². The van der Waals surface area contributed by atoms with Gasteiger partial charge in [-0.1, -0.05) is 12.1 Å². The number of morpholine rings is 1. The van der Waals surface area contributed by atoms with Crippen LogP contribution in [-0.4, -0.2) is 69.9 Å². The Kier molecular flexibility index (Phi) is 8.55. The van der Waals surface area contributed by atoms with E-state index in [4.69, 9.17) is 9.47 Å². The monoisotopic (exact) mass is 348 g/mol. The number of hydrogen-bond acceptors (Lipinski definition) is 4. The minimum absolute atomic E-state index is 0.208. The van der Waals surface area contributed by atoms with Gasteiger partial charge in [0.15, 0.2) is 5.96 Å². The molecule has 6 nitrogen and oxygen atoms in total. The maximum atomic E-state index is 5.67. The number of ether oxygens (including phenoxy) is 2. The maximum absolute atomic E-state index is 5.67. The molecule has 0 bridgehead atoms. The highest BCUT2D eigenvalue weighted by molar-refractivity contribution is 5.79. The van der Waals surface area contributed by atoms with Gasteiger partial charge in [0, 0.05) is 39.8 Å². The van der Waals surface area contributed by atoms with Crippen LogP contribution in [0.3, 0.4) is 0 Å². The van der Waals surface area contributed by atoms with Crippen LogP contribution >= 0.6 is 0 Å². The highest BCUT2D eigenvalue weighted by Gasteiger charge is 2.09. The summed E-state index contributed by atoms with van der Waals surface area (Å²) >= 11 is 0. The Morgan fingerprint density at radius 2 is 1.84 bits per heavy atom. The molecule has 2 N–H and O–H groups in total. The summed E-state index contributed by atoms with van der Waals surface area (Å²) in [5.74, 6) is 1.78. The molecule has 0 saturated carbocycles. The molecule has 0 aliphatic carbocycles. The van der Waals surface area contributed by atoms with E-state index in [1.165, 1.54) is 5.56 Å². The predicted molar refractivity (Wildman–Crippen MR) is 103 cm³/mol. The highest BCUT2D eigenvalue weighted by atomic mass is 16.5. The first-order chi connectivity index (χ1) is 12.2. The van der Waals surface area contributed by atoms with Gasteiger partial charge in [-0.25, -0.2) is 0 Å². The van der Waals surface area contributed by atoms with Gasteiger partial charge in [-0.05, 0) is 38.0 Å². The molecule has 1 aromatic rings. The van der Waals surface area contributed by atoms with Crippen molar-refractivity contribution in [3.63, 3.8) is 0 Å². The van der Waals surface area contributed by atoms with Crippen LogP contribution in [0.4, 0.5) is 0 Å². The largest absolute Gasteiger partial charge is 0.491 e. The predicted octanol–water partition coefficient (Wildman–Crippen LogP) is 1.51. The summed E-state index contributed by atoms with van der Waals surface area (Å²) in [6.07, 6.45) is 1.16. The second kappa shape index (κ2) is 10.9. The first kappa shape index (κ1) is 19.5. The fraction of sp³-hybridized carbons (Fsp3) is 0.632. The number of guanidine groups is 1. The van der Waals surface area contributed by atoms with E-state index in [0.717, 1.165) is 64.1 Å². The van der Waals surface area contributed by atoms with E-state index in [1.807, 2.05) is 33.0 Å². The van der Waals surface area contributed by atoms with E-state index in [-0.39, 0.29) is 6.10 Å². The van der Waals surface area contributed by atoms with Crippen molar-refractivity contribution in [2.24, 2.45) is 4.99 Å². The van der Waals surface area contributed by atoms with Crippen LogP contribution < -0.4 is 15.4 Å². The molecule has 0 spiro atoms. The number of hydrogen-bond donors (Lipinski definition) is 2. The van der Waals surface area contributed by atoms with E-state index < -0.39 is 0 Å². The maximum Gasteiger partial charge on any atom is 0.191 e. The summed E-state index contributed by atoms with van der Waals surface area (Å²) in [5.41, 5.74) is 1.28. The minimum Gasteiger partial charge on any atom is -0.491 e. The van der Waals surface area contributed by atoms with Gasteiger partial charge < -0.3 is 20.1 Å². The highest BCUT2D eigenvalue weighted by Crippen LogP contribution is 2.13. The molecule has 1 aliphatic heterocycles. The SMILES string of the molecule is CN=C(NCCc1ccc(OC(C)C)cc1)NCCN1CCOCC1. The number of nitrogens with one attached hydrogen (secondary N) is 2. The number of aliphatic imine (C=N–C) groups is 1. The van der Waals surface area contributed by atoms with Crippen LogP contribution in [0.1, 0.15) is 19.4 Å². The second-order valence-electron chi connectivity index (χ2n) is 6.44. The molecule has 1 saturated heterocycles. The zero-order chi connectivity index (χ0) is 17.9. The third kappa shape index (κ3) is 7.75. The lowest BCUT2D eigenvalue weighted by atomic mass is 10.1. The summed E-state index contributed by atoms with van der Waals surface area (Å²) in [6, 6.07) is 8.30.